The number of fused-ring (bicyclic) bond motifs is 1. The summed E-state index contributed by atoms with van der Waals surface area (Å²) in [5.74, 6) is -0.237. The van der Waals surface area contributed by atoms with E-state index < -0.39 is 6.04 Å². The summed E-state index contributed by atoms with van der Waals surface area (Å²) in [5.41, 5.74) is 2.85. The summed E-state index contributed by atoms with van der Waals surface area (Å²) in [7, 11) is 0. The van der Waals surface area contributed by atoms with Gasteiger partial charge in [0.2, 0.25) is 11.8 Å². The van der Waals surface area contributed by atoms with Crippen LogP contribution in [0.4, 0.5) is 0 Å². The van der Waals surface area contributed by atoms with Gasteiger partial charge in [0.1, 0.15) is 6.04 Å². The average Bonchev–Trinajstić information content (AvgIpc) is 3.25. The first-order valence-corrected chi connectivity index (χ1v) is 8.31. The summed E-state index contributed by atoms with van der Waals surface area (Å²) in [4.78, 5) is 37.8. The van der Waals surface area contributed by atoms with Crippen LogP contribution in [0.25, 0.3) is 0 Å². The number of hydrogen-bond acceptors (Lipinski definition) is 3. The molecule has 3 amide bonds. The van der Waals surface area contributed by atoms with Crippen molar-refractivity contribution in [3.63, 3.8) is 0 Å². The molecule has 4 rings (SSSR count). The van der Waals surface area contributed by atoms with Crippen LogP contribution < -0.4 is 5.32 Å². The fourth-order valence-corrected chi connectivity index (χ4v) is 4.08. The zero-order chi connectivity index (χ0) is 15.4. The van der Waals surface area contributed by atoms with Crippen LogP contribution >= 0.6 is 15.9 Å². The van der Waals surface area contributed by atoms with Gasteiger partial charge < -0.3 is 4.90 Å². The molecule has 1 saturated heterocycles. The average molecular weight is 363 g/mol. The zero-order valence-electron chi connectivity index (χ0n) is 11.9. The van der Waals surface area contributed by atoms with Crippen molar-refractivity contribution in [3.05, 3.63) is 33.3 Å². The Labute approximate surface area is 136 Å². The molecule has 0 spiro atoms. The van der Waals surface area contributed by atoms with E-state index in [0.717, 1.165) is 34.0 Å². The summed E-state index contributed by atoms with van der Waals surface area (Å²) < 4.78 is 0.979. The van der Waals surface area contributed by atoms with Gasteiger partial charge in [0, 0.05) is 23.0 Å². The number of nitrogens with zero attached hydrogens (tertiary/aromatic N) is 1. The molecule has 2 aliphatic heterocycles. The van der Waals surface area contributed by atoms with Crippen molar-refractivity contribution < 1.29 is 14.4 Å². The van der Waals surface area contributed by atoms with Crippen LogP contribution in [-0.4, -0.2) is 28.7 Å². The summed E-state index contributed by atoms with van der Waals surface area (Å²) in [6, 6.07) is 3.41. The van der Waals surface area contributed by atoms with Crippen molar-refractivity contribution in [1.29, 1.82) is 0 Å². The molecule has 3 aliphatic rings. The van der Waals surface area contributed by atoms with Crippen LogP contribution in [0.3, 0.4) is 0 Å². The van der Waals surface area contributed by atoms with Crippen molar-refractivity contribution in [1.82, 2.24) is 10.2 Å². The fourth-order valence-electron chi connectivity index (χ4n) is 3.42. The number of piperidine rings is 1. The van der Waals surface area contributed by atoms with Gasteiger partial charge >= 0.3 is 0 Å². The minimum atomic E-state index is -0.538. The number of carbonyl (C=O) groups is 3. The first-order valence-electron chi connectivity index (χ1n) is 7.52. The quantitative estimate of drug-likeness (QED) is 0.819. The Morgan fingerprint density at radius 1 is 1.14 bits per heavy atom. The number of hydrogen-bond donors (Lipinski definition) is 1. The molecule has 0 aromatic heterocycles. The molecule has 22 heavy (non-hydrogen) atoms. The molecule has 0 radical (unpaired) electrons. The highest BCUT2D eigenvalue weighted by Gasteiger charge is 2.42. The Bertz CT molecular complexity index is 712. The minimum absolute atomic E-state index is 0.0762. The third kappa shape index (κ3) is 2.08. The van der Waals surface area contributed by atoms with Crippen molar-refractivity contribution in [2.75, 3.05) is 0 Å². The van der Waals surface area contributed by atoms with Gasteiger partial charge in [-0.3, -0.25) is 19.7 Å². The lowest BCUT2D eigenvalue weighted by molar-refractivity contribution is -0.136. The molecule has 1 saturated carbocycles. The van der Waals surface area contributed by atoms with Gasteiger partial charge in [-0.15, -0.1) is 0 Å². The zero-order valence-corrected chi connectivity index (χ0v) is 13.5. The van der Waals surface area contributed by atoms with E-state index in [-0.39, 0.29) is 24.1 Å². The summed E-state index contributed by atoms with van der Waals surface area (Å²) in [5, 5.41) is 2.33. The fraction of sp³-hybridized carbons (Fsp3) is 0.438. The van der Waals surface area contributed by atoms with Crippen molar-refractivity contribution in [2.24, 2.45) is 0 Å². The van der Waals surface area contributed by atoms with Gasteiger partial charge in [-0.2, -0.15) is 0 Å². The van der Waals surface area contributed by atoms with Gasteiger partial charge in [-0.05, 0) is 42.4 Å². The molecule has 1 N–H and O–H groups in total. The Morgan fingerprint density at radius 2 is 1.91 bits per heavy atom. The highest BCUT2D eigenvalue weighted by molar-refractivity contribution is 9.10. The second kappa shape index (κ2) is 4.91. The highest BCUT2D eigenvalue weighted by atomic mass is 79.9. The van der Waals surface area contributed by atoms with Crippen LogP contribution in [-0.2, 0) is 16.1 Å². The van der Waals surface area contributed by atoms with Gasteiger partial charge in [-0.25, -0.2) is 0 Å². The highest BCUT2D eigenvalue weighted by Crippen LogP contribution is 2.47. The molecule has 1 aliphatic carbocycles. The number of imide groups is 1. The molecule has 1 atom stereocenters. The van der Waals surface area contributed by atoms with Crippen molar-refractivity contribution >= 4 is 33.7 Å². The third-order valence-electron chi connectivity index (χ3n) is 4.67. The monoisotopic (exact) mass is 362 g/mol. The predicted molar refractivity (Wildman–Crippen MR) is 82.2 cm³/mol. The lowest BCUT2D eigenvalue weighted by Gasteiger charge is -2.29. The molecule has 1 aromatic rings. The van der Waals surface area contributed by atoms with Crippen molar-refractivity contribution in [3.8, 4) is 0 Å². The molecular weight excluding hydrogens is 348 g/mol. The number of rotatable bonds is 2. The molecule has 0 bridgehead atoms. The Balaban J connectivity index is 1.69. The van der Waals surface area contributed by atoms with E-state index in [1.807, 2.05) is 12.1 Å². The first-order chi connectivity index (χ1) is 10.6. The topological polar surface area (TPSA) is 66.5 Å². The van der Waals surface area contributed by atoms with Crippen LogP contribution in [0.15, 0.2) is 16.6 Å². The molecule has 2 heterocycles. The van der Waals surface area contributed by atoms with Crippen LogP contribution in [0, 0.1) is 0 Å². The Morgan fingerprint density at radius 3 is 2.59 bits per heavy atom. The maximum absolute atomic E-state index is 12.9. The summed E-state index contributed by atoms with van der Waals surface area (Å²) >= 11 is 3.56. The molecule has 1 aromatic carbocycles. The van der Waals surface area contributed by atoms with E-state index in [9.17, 15) is 14.4 Å². The normalized spacial score (nSPS) is 24.5. The predicted octanol–water partition coefficient (Wildman–Crippen LogP) is 2.09. The number of halogens is 1. The second-order valence-corrected chi connectivity index (χ2v) is 7.02. The van der Waals surface area contributed by atoms with E-state index in [4.69, 9.17) is 0 Å². The van der Waals surface area contributed by atoms with E-state index in [2.05, 4.69) is 21.2 Å². The molecule has 5 nitrogen and oxygen atoms in total. The molecular formula is C16H15BrN2O3. The molecule has 6 heteroatoms. The maximum atomic E-state index is 12.9. The van der Waals surface area contributed by atoms with Crippen LogP contribution in [0.5, 0.6) is 0 Å². The largest absolute Gasteiger partial charge is 0.322 e. The van der Waals surface area contributed by atoms with Gasteiger partial charge in [0.05, 0.1) is 0 Å². The molecule has 2 fully saturated rings. The minimum Gasteiger partial charge on any atom is -0.322 e. The lowest BCUT2D eigenvalue weighted by atomic mass is 9.99. The number of carbonyl (C=O) groups excluding carboxylic acids is 3. The first kappa shape index (κ1) is 13.9. The third-order valence-corrected chi connectivity index (χ3v) is 5.36. The van der Waals surface area contributed by atoms with E-state index in [0.29, 0.717) is 18.9 Å². The van der Waals surface area contributed by atoms with Crippen molar-refractivity contribution in [2.45, 2.75) is 44.2 Å². The molecule has 1 unspecified atom stereocenters. The van der Waals surface area contributed by atoms with Gasteiger partial charge in [0.25, 0.3) is 5.91 Å². The standard InChI is InChI=1S/C16H15BrN2O3/c17-10-4-3-9-7-19(11-5-6-12(20)18-15(11)21)16(22)14(9)13(10)8-1-2-8/h3-4,8,11H,1-2,5-7H2,(H,18,20,21). The summed E-state index contributed by atoms with van der Waals surface area (Å²) in [6.07, 6.45) is 2.92. The molecule has 114 valence electrons. The number of nitrogens with one attached hydrogen (secondary N) is 1. The number of amides is 3. The van der Waals surface area contributed by atoms with E-state index in [1.165, 1.54) is 0 Å². The van der Waals surface area contributed by atoms with E-state index in [1.54, 1.807) is 4.90 Å². The number of benzene rings is 1. The lowest BCUT2D eigenvalue weighted by Crippen LogP contribution is -2.52. The SMILES string of the molecule is O=C1CCC(N2Cc3ccc(Br)c(C4CC4)c3C2=O)C(=O)N1. The Kier molecular flexibility index (Phi) is 3.11. The van der Waals surface area contributed by atoms with Crippen LogP contribution in [0.1, 0.15) is 53.1 Å². The second-order valence-electron chi connectivity index (χ2n) is 6.17. The van der Waals surface area contributed by atoms with Crippen LogP contribution in [0.2, 0.25) is 0 Å². The smallest absolute Gasteiger partial charge is 0.255 e. The maximum Gasteiger partial charge on any atom is 0.255 e. The Hall–Kier alpha value is -1.69. The van der Waals surface area contributed by atoms with Gasteiger partial charge in [0.15, 0.2) is 0 Å². The summed E-state index contributed by atoms with van der Waals surface area (Å²) in [6.45, 7) is 0.452. The van der Waals surface area contributed by atoms with Gasteiger partial charge in [-0.1, -0.05) is 22.0 Å². The van der Waals surface area contributed by atoms with E-state index >= 15 is 0 Å².